The third kappa shape index (κ3) is 2.84. The van der Waals surface area contributed by atoms with Crippen molar-refractivity contribution in [3.8, 4) is 11.6 Å². The van der Waals surface area contributed by atoms with Gasteiger partial charge in [-0.25, -0.2) is 14.8 Å². The van der Waals surface area contributed by atoms with Crippen LogP contribution < -0.4 is 0 Å². The minimum Gasteiger partial charge on any atom is -0.460 e. The molecule has 6 heteroatoms. The summed E-state index contributed by atoms with van der Waals surface area (Å²) in [5.41, 5.74) is 1.26. The molecule has 0 fully saturated rings. The highest BCUT2D eigenvalue weighted by molar-refractivity contribution is 7.09. The van der Waals surface area contributed by atoms with E-state index in [-0.39, 0.29) is 11.7 Å². The van der Waals surface area contributed by atoms with Crippen LogP contribution in [0.1, 0.15) is 47.9 Å². The van der Waals surface area contributed by atoms with Gasteiger partial charge in [-0.15, -0.1) is 11.3 Å². The molecular weight excluding hydrogens is 264 g/mol. The van der Waals surface area contributed by atoms with E-state index in [1.807, 2.05) is 26.2 Å². The summed E-state index contributed by atoms with van der Waals surface area (Å²) in [7, 11) is 0. The van der Waals surface area contributed by atoms with Crippen LogP contribution in [0.5, 0.6) is 0 Å². The molecule has 102 valence electrons. The minimum atomic E-state index is -0.475. The SMILES string of the molecule is CCOC(=O)c1oc(-c2csc(C)n2)nc1C(C)C. The molecule has 2 aromatic heterocycles. The molecule has 2 heterocycles. The Morgan fingerprint density at radius 3 is 2.74 bits per heavy atom. The first-order chi connectivity index (χ1) is 9.02. The van der Waals surface area contributed by atoms with E-state index < -0.39 is 5.97 Å². The van der Waals surface area contributed by atoms with E-state index in [4.69, 9.17) is 9.15 Å². The van der Waals surface area contributed by atoms with E-state index in [1.54, 1.807) is 6.92 Å². The van der Waals surface area contributed by atoms with Crippen LogP contribution in [0.4, 0.5) is 0 Å². The summed E-state index contributed by atoms with van der Waals surface area (Å²) >= 11 is 1.51. The fraction of sp³-hybridized carbons (Fsp3) is 0.462. The first-order valence-electron chi connectivity index (χ1n) is 6.13. The highest BCUT2D eigenvalue weighted by Gasteiger charge is 2.24. The molecule has 0 saturated carbocycles. The van der Waals surface area contributed by atoms with Crippen LogP contribution in [-0.4, -0.2) is 22.5 Å². The van der Waals surface area contributed by atoms with E-state index in [1.165, 1.54) is 11.3 Å². The maximum absolute atomic E-state index is 11.8. The molecule has 0 saturated heterocycles. The number of oxazole rings is 1. The van der Waals surface area contributed by atoms with Gasteiger partial charge in [0, 0.05) is 5.38 Å². The van der Waals surface area contributed by atoms with Gasteiger partial charge in [-0.1, -0.05) is 13.8 Å². The standard InChI is InChI=1S/C13H16N2O3S/c1-5-17-13(16)11-10(7(2)3)15-12(18-11)9-6-19-8(4)14-9/h6-7H,5H2,1-4H3. The van der Waals surface area contributed by atoms with Crippen molar-refractivity contribution >= 4 is 17.3 Å². The summed E-state index contributed by atoms with van der Waals surface area (Å²) in [6.07, 6.45) is 0. The number of aryl methyl sites for hydroxylation is 1. The second kappa shape index (κ2) is 5.52. The monoisotopic (exact) mass is 280 g/mol. The van der Waals surface area contributed by atoms with Gasteiger partial charge in [0.25, 0.3) is 0 Å². The van der Waals surface area contributed by atoms with Gasteiger partial charge in [-0.2, -0.15) is 0 Å². The molecule has 0 radical (unpaired) electrons. The van der Waals surface area contributed by atoms with Gasteiger partial charge in [-0.3, -0.25) is 0 Å². The molecule has 0 bridgehead atoms. The number of esters is 1. The van der Waals surface area contributed by atoms with Crippen LogP contribution in [0.25, 0.3) is 11.6 Å². The topological polar surface area (TPSA) is 65.2 Å². The van der Waals surface area contributed by atoms with Crippen LogP contribution in [0, 0.1) is 6.92 Å². The van der Waals surface area contributed by atoms with Crippen molar-refractivity contribution in [1.29, 1.82) is 0 Å². The van der Waals surface area contributed by atoms with Crippen molar-refractivity contribution in [3.63, 3.8) is 0 Å². The van der Waals surface area contributed by atoms with Gasteiger partial charge < -0.3 is 9.15 Å². The Morgan fingerprint density at radius 1 is 1.47 bits per heavy atom. The molecule has 0 N–H and O–H groups in total. The van der Waals surface area contributed by atoms with E-state index >= 15 is 0 Å². The number of carbonyl (C=O) groups is 1. The molecule has 0 spiro atoms. The van der Waals surface area contributed by atoms with E-state index in [0.29, 0.717) is 23.9 Å². The second-order valence-electron chi connectivity index (χ2n) is 4.36. The molecule has 19 heavy (non-hydrogen) atoms. The summed E-state index contributed by atoms with van der Waals surface area (Å²) in [6, 6.07) is 0. The summed E-state index contributed by atoms with van der Waals surface area (Å²) < 4.78 is 10.5. The molecule has 2 aromatic rings. The third-order valence-electron chi connectivity index (χ3n) is 2.50. The lowest BCUT2D eigenvalue weighted by Gasteiger charge is -2.02. The highest BCUT2D eigenvalue weighted by atomic mass is 32.1. The summed E-state index contributed by atoms with van der Waals surface area (Å²) in [4.78, 5) is 20.5. The smallest absolute Gasteiger partial charge is 0.376 e. The molecular formula is C13H16N2O3S. The molecule has 0 unspecified atom stereocenters. The Morgan fingerprint density at radius 2 is 2.21 bits per heavy atom. The number of aromatic nitrogens is 2. The summed E-state index contributed by atoms with van der Waals surface area (Å²) in [5.74, 6) is 0.155. The van der Waals surface area contributed by atoms with E-state index in [9.17, 15) is 4.79 Å². The lowest BCUT2D eigenvalue weighted by atomic mass is 10.1. The quantitative estimate of drug-likeness (QED) is 0.803. The molecule has 5 nitrogen and oxygen atoms in total. The van der Waals surface area contributed by atoms with E-state index in [2.05, 4.69) is 9.97 Å². The highest BCUT2D eigenvalue weighted by Crippen LogP contribution is 2.27. The van der Waals surface area contributed by atoms with Crippen molar-refractivity contribution in [2.45, 2.75) is 33.6 Å². The first-order valence-corrected chi connectivity index (χ1v) is 7.01. The van der Waals surface area contributed by atoms with Crippen molar-refractivity contribution < 1.29 is 13.9 Å². The van der Waals surface area contributed by atoms with Crippen molar-refractivity contribution in [3.05, 3.63) is 21.8 Å². The maximum Gasteiger partial charge on any atom is 0.376 e. The van der Waals surface area contributed by atoms with Crippen molar-refractivity contribution in [1.82, 2.24) is 9.97 Å². The van der Waals surface area contributed by atoms with Gasteiger partial charge in [0.15, 0.2) is 0 Å². The number of thiazole rings is 1. The molecule has 0 amide bonds. The number of hydrogen-bond acceptors (Lipinski definition) is 6. The number of carbonyl (C=O) groups excluding carboxylic acids is 1. The maximum atomic E-state index is 11.8. The Kier molecular flexibility index (Phi) is 3.99. The van der Waals surface area contributed by atoms with Crippen LogP contribution in [-0.2, 0) is 4.74 Å². The normalized spacial score (nSPS) is 11.0. The van der Waals surface area contributed by atoms with Crippen molar-refractivity contribution in [2.24, 2.45) is 0 Å². The predicted octanol–water partition coefficient (Wildman–Crippen LogP) is 3.41. The Balaban J connectivity index is 2.43. The van der Waals surface area contributed by atoms with Crippen LogP contribution in [0.3, 0.4) is 0 Å². The molecule has 0 aliphatic heterocycles. The second-order valence-corrected chi connectivity index (χ2v) is 5.42. The van der Waals surface area contributed by atoms with Gasteiger partial charge in [-0.05, 0) is 19.8 Å². The molecule has 0 atom stereocenters. The number of hydrogen-bond donors (Lipinski definition) is 0. The van der Waals surface area contributed by atoms with Crippen LogP contribution >= 0.6 is 11.3 Å². The van der Waals surface area contributed by atoms with Gasteiger partial charge in [0.2, 0.25) is 11.7 Å². The molecule has 0 aromatic carbocycles. The average Bonchev–Trinajstić information content (AvgIpc) is 2.94. The Labute approximate surface area is 115 Å². The number of ether oxygens (including phenoxy) is 1. The minimum absolute atomic E-state index is 0.0802. The summed E-state index contributed by atoms with van der Waals surface area (Å²) in [6.45, 7) is 7.89. The largest absolute Gasteiger partial charge is 0.460 e. The van der Waals surface area contributed by atoms with Crippen LogP contribution in [0.15, 0.2) is 9.80 Å². The number of rotatable bonds is 4. The summed E-state index contributed by atoms with van der Waals surface area (Å²) in [5, 5.41) is 2.79. The number of nitrogens with zero attached hydrogens (tertiary/aromatic N) is 2. The third-order valence-corrected chi connectivity index (χ3v) is 3.27. The Hall–Kier alpha value is -1.69. The zero-order valence-corrected chi connectivity index (χ0v) is 12.2. The molecule has 0 aliphatic carbocycles. The lowest BCUT2D eigenvalue weighted by molar-refractivity contribution is 0.0488. The van der Waals surface area contributed by atoms with Gasteiger partial charge in [0.05, 0.1) is 17.3 Å². The van der Waals surface area contributed by atoms with Crippen molar-refractivity contribution in [2.75, 3.05) is 6.61 Å². The molecule has 2 rings (SSSR count). The van der Waals surface area contributed by atoms with E-state index in [0.717, 1.165) is 5.01 Å². The van der Waals surface area contributed by atoms with Crippen LogP contribution in [0.2, 0.25) is 0 Å². The Bertz CT molecular complexity index is 586. The fourth-order valence-electron chi connectivity index (χ4n) is 1.64. The van der Waals surface area contributed by atoms with Gasteiger partial charge >= 0.3 is 5.97 Å². The fourth-order valence-corrected chi connectivity index (χ4v) is 2.22. The van der Waals surface area contributed by atoms with Gasteiger partial charge in [0.1, 0.15) is 5.69 Å². The lowest BCUT2D eigenvalue weighted by Crippen LogP contribution is -2.07. The zero-order valence-electron chi connectivity index (χ0n) is 11.4. The average molecular weight is 280 g/mol. The first kappa shape index (κ1) is 13.7. The zero-order chi connectivity index (χ0) is 14.0. The molecule has 0 aliphatic rings. The predicted molar refractivity (Wildman–Crippen MR) is 72.4 cm³/mol.